The van der Waals surface area contributed by atoms with E-state index in [4.69, 9.17) is 14.2 Å². The van der Waals surface area contributed by atoms with E-state index in [0.717, 1.165) is 25.7 Å². The zero-order valence-electron chi connectivity index (χ0n) is 15.9. The lowest BCUT2D eigenvalue weighted by Gasteiger charge is -2.09. The fourth-order valence-electron chi connectivity index (χ4n) is 3.25. The second kappa shape index (κ2) is 11.1. The summed E-state index contributed by atoms with van der Waals surface area (Å²) in [7, 11) is -2.59. The van der Waals surface area contributed by atoms with Crippen molar-refractivity contribution in [3.05, 3.63) is 0 Å². The maximum absolute atomic E-state index is 11.8. The van der Waals surface area contributed by atoms with E-state index in [1.165, 1.54) is 7.05 Å². The summed E-state index contributed by atoms with van der Waals surface area (Å²) in [4.78, 5) is 22.5. The van der Waals surface area contributed by atoms with Crippen LogP contribution < -0.4 is 14.8 Å². The molecule has 0 aromatic heterocycles. The van der Waals surface area contributed by atoms with Crippen LogP contribution in [0.3, 0.4) is 0 Å². The van der Waals surface area contributed by atoms with E-state index >= 15 is 0 Å². The topological polar surface area (TPSA) is 132 Å². The van der Waals surface area contributed by atoms with Crippen molar-refractivity contribution in [3.8, 4) is 11.8 Å². The molecule has 0 radical (unpaired) electrons. The summed E-state index contributed by atoms with van der Waals surface area (Å²) in [6, 6.07) is 0. The molecule has 2 aliphatic carbocycles. The van der Waals surface area contributed by atoms with Gasteiger partial charge in [-0.25, -0.2) is 14.3 Å². The molecule has 2 amide bonds. The maximum Gasteiger partial charge on any atom is 0.421 e. The third-order valence-electron chi connectivity index (χ3n) is 4.67. The molecule has 0 aromatic carbocycles. The smallest absolute Gasteiger partial charge is 0.421 e. The summed E-state index contributed by atoms with van der Waals surface area (Å²) in [5, 5.41) is 2.28. The molecule has 2 aliphatic rings. The molecule has 11 heteroatoms. The van der Waals surface area contributed by atoms with Crippen molar-refractivity contribution in [3.63, 3.8) is 0 Å². The summed E-state index contributed by atoms with van der Waals surface area (Å²) in [6.45, 7) is 0.396. The highest BCUT2D eigenvalue weighted by molar-refractivity contribution is 7.88. The summed E-state index contributed by atoms with van der Waals surface area (Å²) in [6.07, 6.45) is 2.16. The molecular formula is C17H27N3O7S. The minimum atomic E-state index is -4.03. The lowest BCUT2D eigenvalue weighted by molar-refractivity contribution is 0.0762. The first kappa shape index (κ1) is 22.3. The van der Waals surface area contributed by atoms with Crippen molar-refractivity contribution >= 4 is 22.4 Å². The number of carbonyl (C=O) groups is 2. The van der Waals surface area contributed by atoms with Crippen molar-refractivity contribution in [1.29, 1.82) is 0 Å². The number of alkyl carbamates (subject to hydrolysis) is 1. The van der Waals surface area contributed by atoms with E-state index in [0.29, 0.717) is 11.8 Å². The SMILES string of the molecule is CNC(=O)OCCOCCNS(=O)(=O)NC(=O)OC[C@@H]1[C@@H]2CCC#CCC[C@@H]21. The second-order valence-corrected chi connectivity index (χ2v) is 8.02. The molecule has 2 rings (SSSR count). The fourth-order valence-corrected chi connectivity index (χ4v) is 3.95. The predicted molar refractivity (Wildman–Crippen MR) is 99.3 cm³/mol. The first-order chi connectivity index (χ1) is 13.4. The van der Waals surface area contributed by atoms with Crippen LogP contribution in [0.15, 0.2) is 0 Å². The Balaban J connectivity index is 1.54. The molecule has 0 unspecified atom stereocenters. The molecule has 28 heavy (non-hydrogen) atoms. The average Bonchev–Trinajstić information content (AvgIpc) is 3.27. The number of nitrogens with one attached hydrogen (secondary N) is 3. The number of hydrogen-bond donors (Lipinski definition) is 3. The molecule has 0 aliphatic heterocycles. The average molecular weight is 417 g/mol. The van der Waals surface area contributed by atoms with Crippen LogP contribution in [0.1, 0.15) is 25.7 Å². The fraction of sp³-hybridized carbons (Fsp3) is 0.765. The van der Waals surface area contributed by atoms with Gasteiger partial charge in [-0.3, -0.25) is 0 Å². The molecule has 158 valence electrons. The van der Waals surface area contributed by atoms with Crippen LogP contribution in [-0.4, -0.2) is 60.6 Å². The molecule has 3 N–H and O–H groups in total. The molecule has 10 nitrogen and oxygen atoms in total. The number of ether oxygens (including phenoxy) is 3. The first-order valence-corrected chi connectivity index (χ1v) is 10.7. The van der Waals surface area contributed by atoms with Crippen molar-refractivity contribution < 1.29 is 32.2 Å². The lowest BCUT2D eigenvalue weighted by atomic mass is 10.1. The van der Waals surface area contributed by atoms with Gasteiger partial charge in [-0.15, -0.1) is 11.8 Å². The Kier molecular flexibility index (Phi) is 8.82. The zero-order chi connectivity index (χ0) is 20.4. The number of fused-ring (bicyclic) bond motifs is 1. The number of rotatable bonds is 10. The Bertz CT molecular complexity index is 683. The largest absolute Gasteiger partial charge is 0.449 e. The normalized spacial score (nSPS) is 23.1. The Labute approximate surface area is 165 Å². The van der Waals surface area contributed by atoms with Gasteiger partial charge in [0.05, 0.1) is 19.8 Å². The first-order valence-electron chi connectivity index (χ1n) is 9.25. The van der Waals surface area contributed by atoms with Crippen molar-refractivity contribution in [2.45, 2.75) is 25.7 Å². The van der Waals surface area contributed by atoms with Gasteiger partial charge < -0.3 is 19.5 Å². The zero-order valence-corrected chi connectivity index (χ0v) is 16.7. The maximum atomic E-state index is 11.8. The molecule has 0 bridgehead atoms. The van der Waals surface area contributed by atoms with Gasteiger partial charge in [-0.2, -0.15) is 13.1 Å². The van der Waals surface area contributed by atoms with Crippen molar-refractivity contribution in [1.82, 2.24) is 14.8 Å². The Morgan fingerprint density at radius 2 is 1.68 bits per heavy atom. The Morgan fingerprint density at radius 3 is 2.32 bits per heavy atom. The minimum Gasteiger partial charge on any atom is -0.449 e. The molecule has 1 saturated carbocycles. The van der Waals surface area contributed by atoms with Crippen LogP contribution in [0.2, 0.25) is 0 Å². The van der Waals surface area contributed by atoms with Crippen molar-refractivity contribution in [2.75, 3.05) is 40.0 Å². The van der Waals surface area contributed by atoms with E-state index in [1.54, 1.807) is 0 Å². The highest BCUT2D eigenvalue weighted by atomic mass is 32.2. The second-order valence-electron chi connectivity index (χ2n) is 6.52. The molecule has 3 atom stereocenters. The lowest BCUT2D eigenvalue weighted by Crippen LogP contribution is -2.42. The highest BCUT2D eigenvalue weighted by Crippen LogP contribution is 2.52. The summed E-state index contributed by atoms with van der Waals surface area (Å²) in [5.74, 6) is 7.54. The summed E-state index contributed by atoms with van der Waals surface area (Å²) < 4.78 is 42.4. The van der Waals surface area contributed by atoms with Gasteiger partial charge in [0.1, 0.15) is 6.61 Å². The predicted octanol–water partition coefficient (Wildman–Crippen LogP) is 0.359. The Hall–Kier alpha value is -2.03. The number of amides is 2. The summed E-state index contributed by atoms with van der Waals surface area (Å²) >= 11 is 0. The molecule has 0 spiro atoms. The van der Waals surface area contributed by atoms with Crippen molar-refractivity contribution in [2.24, 2.45) is 17.8 Å². The monoisotopic (exact) mass is 417 g/mol. The van der Waals surface area contributed by atoms with E-state index in [1.807, 2.05) is 4.72 Å². The number of carbonyl (C=O) groups excluding carboxylic acids is 2. The molecule has 0 aromatic rings. The van der Waals surface area contributed by atoms with Gasteiger partial charge in [0.15, 0.2) is 0 Å². The standard InChI is InChI=1S/C17H27N3O7S/c1-18-16(21)26-11-10-25-9-8-19-28(23,24)20-17(22)27-12-15-13-6-4-2-3-5-7-14(13)15/h13-15,19H,4-12H2,1H3,(H,18,21)(H,20,22)/t13-,14+,15-. The van der Waals surface area contributed by atoms with Gasteiger partial charge in [-0.1, -0.05) is 0 Å². The van der Waals surface area contributed by atoms with Crippen LogP contribution >= 0.6 is 0 Å². The molecule has 1 fully saturated rings. The van der Waals surface area contributed by atoms with Gasteiger partial charge in [-0.05, 0) is 30.6 Å². The van der Waals surface area contributed by atoms with Crippen LogP contribution in [0.4, 0.5) is 9.59 Å². The van der Waals surface area contributed by atoms with E-state index in [9.17, 15) is 18.0 Å². The highest BCUT2D eigenvalue weighted by Gasteiger charge is 2.49. The quantitative estimate of drug-likeness (QED) is 0.345. The van der Waals surface area contributed by atoms with Crippen LogP contribution in [0.5, 0.6) is 0 Å². The minimum absolute atomic E-state index is 0.0463. The third kappa shape index (κ3) is 7.92. The van der Waals surface area contributed by atoms with Crippen LogP contribution in [0, 0.1) is 29.6 Å². The van der Waals surface area contributed by atoms with Crippen LogP contribution in [-0.2, 0) is 24.4 Å². The van der Waals surface area contributed by atoms with Gasteiger partial charge >= 0.3 is 22.4 Å². The van der Waals surface area contributed by atoms with Gasteiger partial charge in [0, 0.05) is 26.4 Å². The van der Waals surface area contributed by atoms with Gasteiger partial charge in [0.25, 0.3) is 0 Å². The number of hydrogen-bond acceptors (Lipinski definition) is 7. The van der Waals surface area contributed by atoms with Crippen LogP contribution in [0.25, 0.3) is 0 Å². The molecular weight excluding hydrogens is 390 g/mol. The van der Waals surface area contributed by atoms with Gasteiger partial charge in [0.2, 0.25) is 0 Å². The van der Waals surface area contributed by atoms with E-state index < -0.39 is 22.4 Å². The van der Waals surface area contributed by atoms with E-state index in [2.05, 4.69) is 21.9 Å². The molecule has 0 saturated heterocycles. The third-order valence-corrected chi connectivity index (χ3v) is 5.69. The Morgan fingerprint density at radius 1 is 1.00 bits per heavy atom. The molecule has 0 heterocycles. The van der Waals surface area contributed by atoms with E-state index in [-0.39, 0.29) is 38.9 Å². The summed E-state index contributed by atoms with van der Waals surface area (Å²) in [5.41, 5.74) is 0.